The summed E-state index contributed by atoms with van der Waals surface area (Å²) in [6.07, 6.45) is 3.39. The van der Waals surface area contributed by atoms with Crippen LogP contribution >= 0.6 is 11.6 Å². The van der Waals surface area contributed by atoms with Crippen molar-refractivity contribution in [1.29, 1.82) is 0 Å². The molecule has 2 aromatic rings. The van der Waals surface area contributed by atoms with Gasteiger partial charge in [-0.3, -0.25) is 9.59 Å². The van der Waals surface area contributed by atoms with Crippen LogP contribution in [0.2, 0.25) is 5.02 Å². The van der Waals surface area contributed by atoms with Crippen LogP contribution < -0.4 is 9.64 Å². The number of nitrogens with zero attached hydrogens (tertiary/aromatic N) is 2. The highest BCUT2D eigenvalue weighted by Gasteiger charge is 2.30. The lowest BCUT2D eigenvalue weighted by molar-refractivity contribution is -0.120. The third-order valence-corrected chi connectivity index (χ3v) is 8.00. The Morgan fingerprint density at radius 2 is 1.78 bits per heavy atom. The van der Waals surface area contributed by atoms with Gasteiger partial charge >= 0.3 is 0 Å². The molecule has 0 atom stereocenters. The van der Waals surface area contributed by atoms with Crippen LogP contribution in [0.15, 0.2) is 41.3 Å². The number of rotatable bonds is 6. The van der Waals surface area contributed by atoms with Crippen LogP contribution in [0.4, 0.5) is 5.69 Å². The molecule has 0 N–H and O–H groups in total. The molecule has 2 aromatic carbocycles. The Labute approximate surface area is 193 Å². The summed E-state index contributed by atoms with van der Waals surface area (Å²) in [6, 6.07) is 9.63. The fourth-order valence-electron chi connectivity index (χ4n) is 4.17. The van der Waals surface area contributed by atoms with Crippen LogP contribution in [0, 0.1) is 0 Å². The van der Waals surface area contributed by atoms with E-state index in [-0.39, 0.29) is 23.2 Å². The van der Waals surface area contributed by atoms with Crippen molar-refractivity contribution in [2.75, 3.05) is 31.1 Å². The summed E-state index contributed by atoms with van der Waals surface area (Å²) in [5, 5.41) is 0.414. The lowest BCUT2D eigenvalue weighted by atomic mass is 10.1. The van der Waals surface area contributed by atoms with Gasteiger partial charge in [-0.25, -0.2) is 8.42 Å². The predicted molar refractivity (Wildman–Crippen MR) is 122 cm³/mol. The van der Waals surface area contributed by atoms with E-state index in [2.05, 4.69) is 0 Å². The Morgan fingerprint density at radius 3 is 2.50 bits per heavy atom. The molecule has 0 unspecified atom stereocenters. The molecular formula is C23H25ClN2O5S. The number of Topliss-reactive ketones (excluding diaryl/α,β-unsaturated/α-hetero) is 1. The number of ketones is 1. The molecule has 2 aliphatic heterocycles. The first-order chi connectivity index (χ1) is 15.3. The summed E-state index contributed by atoms with van der Waals surface area (Å²) in [7, 11) is -3.52. The normalized spacial score (nSPS) is 16.6. The summed E-state index contributed by atoms with van der Waals surface area (Å²) in [5.41, 5.74) is 1.84. The van der Waals surface area contributed by atoms with Gasteiger partial charge < -0.3 is 9.64 Å². The van der Waals surface area contributed by atoms with Crippen molar-refractivity contribution < 1.29 is 22.7 Å². The van der Waals surface area contributed by atoms with E-state index in [1.165, 1.54) is 13.0 Å². The molecule has 4 rings (SSSR count). The summed E-state index contributed by atoms with van der Waals surface area (Å²) >= 11 is 5.95. The first-order valence-electron chi connectivity index (χ1n) is 10.6. The second-order valence-corrected chi connectivity index (χ2v) is 10.4. The lowest BCUT2D eigenvalue weighted by Gasteiger charge is -2.26. The second-order valence-electron chi connectivity index (χ2n) is 8.04. The topological polar surface area (TPSA) is 84.0 Å². The van der Waals surface area contributed by atoms with E-state index < -0.39 is 10.0 Å². The number of anilines is 1. The number of halogens is 1. The predicted octanol–water partition coefficient (Wildman–Crippen LogP) is 3.69. The van der Waals surface area contributed by atoms with E-state index in [9.17, 15) is 18.0 Å². The first kappa shape index (κ1) is 22.8. The number of carbonyl (C=O) groups is 2. The Morgan fingerprint density at radius 1 is 1.03 bits per heavy atom. The third kappa shape index (κ3) is 4.53. The van der Waals surface area contributed by atoms with Crippen molar-refractivity contribution in [2.24, 2.45) is 0 Å². The minimum Gasteiger partial charge on any atom is -0.483 e. The van der Waals surface area contributed by atoms with Gasteiger partial charge in [0.15, 0.2) is 12.4 Å². The Balaban J connectivity index is 1.48. The van der Waals surface area contributed by atoms with Crippen molar-refractivity contribution in [3.8, 4) is 5.75 Å². The highest BCUT2D eigenvalue weighted by molar-refractivity contribution is 7.89. The zero-order valence-corrected chi connectivity index (χ0v) is 19.4. The monoisotopic (exact) mass is 476 g/mol. The van der Waals surface area contributed by atoms with Gasteiger partial charge in [0.25, 0.3) is 5.91 Å². The molecule has 2 aliphatic rings. The Hall–Kier alpha value is -2.42. The van der Waals surface area contributed by atoms with E-state index in [1.807, 2.05) is 0 Å². The van der Waals surface area contributed by atoms with Crippen LogP contribution in [0.5, 0.6) is 5.75 Å². The molecule has 1 fully saturated rings. The van der Waals surface area contributed by atoms with Gasteiger partial charge in [-0.2, -0.15) is 4.31 Å². The standard InChI is InChI=1S/C23H25ClN2O5S/c1-16(27)20-14-18(24)5-8-22(20)31-15-23(28)26-12-9-17-13-19(6-7-21(17)26)32(29,30)25-10-3-2-4-11-25/h5-8,13-14H,2-4,9-12,15H2,1H3. The van der Waals surface area contributed by atoms with E-state index in [0.29, 0.717) is 48.1 Å². The quantitative estimate of drug-likeness (QED) is 0.594. The van der Waals surface area contributed by atoms with Gasteiger partial charge in [0, 0.05) is 30.3 Å². The molecule has 0 aliphatic carbocycles. The lowest BCUT2D eigenvalue weighted by Crippen LogP contribution is -2.35. The van der Waals surface area contributed by atoms with Gasteiger partial charge in [-0.05, 0) is 68.1 Å². The van der Waals surface area contributed by atoms with E-state index >= 15 is 0 Å². The number of amides is 1. The maximum atomic E-state index is 13.0. The third-order valence-electron chi connectivity index (χ3n) is 5.87. The number of hydrogen-bond donors (Lipinski definition) is 0. The van der Waals surface area contributed by atoms with E-state index in [0.717, 1.165) is 24.8 Å². The molecule has 0 radical (unpaired) electrons. The number of benzene rings is 2. The molecule has 9 heteroatoms. The minimum atomic E-state index is -3.52. The highest BCUT2D eigenvalue weighted by atomic mass is 35.5. The number of piperidine rings is 1. The van der Waals surface area contributed by atoms with Crippen LogP contribution in [0.25, 0.3) is 0 Å². The minimum absolute atomic E-state index is 0.205. The maximum Gasteiger partial charge on any atom is 0.264 e. The van der Waals surface area contributed by atoms with Gasteiger partial charge in [-0.1, -0.05) is 18.0 Å². The van der Waals surface area contributed by atoms with Crippen molar-refractivity contribution in [2.45, 2.75) is 37.5 Å². The second kappa shape index (κ2) is 9.21. The molecule has 32 heavy (non-hydrogen) atoms. The summed E-state index contributed by atoms with van der Waals surface area (Å²) in [5.74, 6) is -0.165. The highest BCUT2D eigenvalue weighted by Crippen LogP contribution is 2.32. The largest absolute Gasteiger partial charge is 0.483 e. The number of fused-ring (bicyclic) bond motifs is 1. The van der Waals surface area contributed by atoms with Crippen LogP contribution in [-0.2, 0) is 21.2 Å². The first-order valence-corrected chi connectivity index (χ1v) is 12.5. The Bertz CT molecular complexity index is 1160. The zero-order valence-electron chi connectivity index (χ0n) is 17.8. The number of hydrogen-bond acceptors (Lipinski definition) is 5. The summed E-state index contributed by atoms with van der Waals surface area (Å²) in [6.45, 7) is 2.72. The number of ether oxygens (including phenoxy) is 1. The van der Waals surface area contributed by atoms with Gasteiger partial charge in [-0.15, -0.1) is 0 Å². The van der Waals surface area contributed by atoms with Crippen molar-refractivity contribution in [3.63, 3.8) is 0 Å². The fraction of sp³-hybridized carbons (Fsp3) is 0.391. The van der Waals surface area contributed by atoms with Crippen molar-refractivity contribution in [3.05, 3.63) is 52.5 Å². The molecule has 7 nitrogen and oxygen atoms in total. The molecule has 1 saturated heterocycles. The van der Waals surface area contributed by atoms with Crippen LogP contribution in [-0.4, -0.2) is 50.7 Å². The molecule has 0 aromatic heterocycles. The number of sulfonamides is 1. The molecule has 170 valence electrons. The smallest absolute Gasteiger partial charge is 0.264 e. The van der Waals surface area contributed by atoms with E-state index in [1.54, 1.807) is 39.5 Å². The average molecular weight is 477 g/mol. The Kier molecular flexibility index (Phi) is 6.55. The van der Waals surface area contributed by atoms with Gasteiger partial charge in [0.05, 0.1) is 10.5 Å². The van der Waals surface area contributed by atoms with Gasteiger partial charge in [0.1, 0.15) is 5.75 Å². The van der Waals surface area contributed by atoms with Crippen molar-refractivity contribution >= 4 is 39.0 Å². The molecule has 1 amide bonds. The maximum absolute atomic E-state index is 13.0. The van der Waals surface area contributed by atoms with Crippen LogP contribution in [0.1, 0.15) is 42.1 Å². The SMILES string of the molecule is CC(=O)c1cc(Cl)ccc1OCC(=O)N1CCc2cc(S(=O)(=O)N3CCCCC3)ccc21. The summed E-state index contributed by atoms with van der Waals surface area (Å²) in [4.78, 5) is 26.5. The van der Waals surface area contributed by atoms with Crippen molar-refractivity contribution in [1.82, 2.24) is 4.31 Å². The number of carbonyl (C=O) groups excluding carboxylic acids is 2. The van der Waals surface area contributed by atoms with Crippen LogP contribution in [0.3, 0.4) is 0 Å². The van der Waals surface area contributed by atoms with Gasteiger partial charge in [0.2, 0.25) is 10.0 Å². The molecule has 2 heterocycles. The molecule has 0 spiro atoms. The summed E-state index contributed by atoms with van der Waals surface area (Å²) < 4.78 is 33.1. The zero-order chi connectivity index (χ0) is 22.9. The molecular weight excluding hydrogens is 452 g/mol. The van der Waals surface area contributed by atoms with E-state index in [4.69, 9.17) is 16.3 Å². The average Bonchev–Trinajstić information content (AvgIpc) is 3.22. The molecule has 0 saturated carbocycles. The molecule has 0 bridgehead atoms. The fourth-order valence-corrected chi connectivity index (χ4v) is 5.91.